The third-order valence-electron chi connectivity index (χ3n) is 3.62. The predicted molar refractivity (Wildman–Crippen MR) is 87.0 cm³/mol. The van der Waals surface area contributed by atoms with E-state index in [1.54, 1.807) is 17.0 Å². The van der Waals surface area contributed by atoms with Crippen molar-refractivity contribution < 1.29 is 14.3 Å². The van der Waals surface area contributed by atoms with Gasteiger partial charge in [0.25, 0.3) is 0 Å². The number of benzene rings is 2. The zero-order valence-electron chi connectivity index (χ0n) is 13.3. The molecule has 2 aromatic carbocycles. The Balaban J connectivity index is 2.04. The fourth-order valence-corrected chi connectivity index (χ4v) is 2.38. The summed E-state index contributed by atoms with van der Waals surface area (Å²) in [6.45, 7) is 0.399. The van der Waals surface area contributed by atoms with Crippen molar-refractivity contribution in [2.45, 2.75) is 19.2 Å². The monoisotopic (exact) mass is 316 g/mol. The van der Waals surface area contributed by atoms with Gasteiger partial charge in [-0.15, -0.1) is 0 Å². The van der Waals surface area contributed by atoms with E-state index in [1.807, 2.05) is 38.4 Å². The van der Waals surface area contributed by atoms with Gasteiger partial charge < -0.3 is 10.4 Å². The van der Waals surface area contributed by atoms with Crippen LogP contribution in [0.25, 0.3) is 0 Å². The summed E-state index contributed by atoms with van der Waals surface area (Å²) in [4.78, 5) is 14.3. The second kappa shape index (κ2) is 7.85. The van der Waals surface area contributed by atoms with Crippen LogP contribution in [0.15, 0.2) is 48.5 Å². The molecule has 2 rings (SSSR count). The molecule has 0 aliphatic heterocycles. The minimum Gasteiger partial charge on any atom is -0.392 e. The fourth-order valence-electron chi connectivity index (χ4n) is 2.38. The highest BCUT2D eigenvalue weighted by molar-refractivity contribution is 5.83. The Kier molecular flexibility index (Phi) is 5.84. The summed E-state index contributed by atoms with van der Waals surface area (Å²) in [5, 5.41) is 11.9. The Morgan fingerprint density at radius 2 is 1.65 bits per heavy atom. The summed E-state index contributed by atoms with van der Waals surface area (Å²) < 4.78 is 13.1. The van der Waals surface area contributed by atoms with Crippen LogP contribution in [-0.4, -0.2) is 30.0 Å². The van der Waals surface area contributed by atoms with E-state index in [-0.39, 0.29) is 18.3 Å². The van der Waals surface area contributed by atoms with Crippen LogP contribution in [0.5, 0.6) is 0 Å². The van der Waals surface area contributed by atoms with Gasteiger partial charge in [0.1, 0.15) is 11.9 Å². The van der Waals surface area contributed by atoms with Crippen LogP contribution in [0.3, 0.4) is 0 Å². The average molecular weight is 316 g/mol. The Morgan fingerprint density at radius 3 is 2.17 bits per heavy atom. The number of nitrogens with zero attached hydrogens (tertiary/aromatic N) is 1. The van der Waals surface area contributed by atoms with Gasteiger partial charge in [0.15, 0.2) is 0 Å². The molecule has 2 N–H and O–H groups in total. The zero-order chi connectivity index (χ0) is 16.8. The first-order chi connectivity index (χ1) is 11.0. The normalized spacial score (nSPS) is 12.2. The first kappa shape index (κ1) is 17.1. The fraction of sp³-hybridized carbons (Fsp3) is 0.278. The van der Waals surface area contributed by atoms with Crippen molar-refractivity contribution in [2.75, 3.05) is 14.1 Å². The summed E-state index contributed by atoms with van der Waals surface area (Å²) in [7, 11) is 3.62. The van der Waals surface area contributed by atoms with Crippen LogP contribution in [0.1, 0.15) is 22.7 Å². The van der Waals surface area contributed by atoms with E-state index in [0.717, 1.165) is 16.7 Å². The van der Waals surface area contributed by atoms with Crippen molar-refractivity contribution >= 4 is 5.91 Å². The molecule has 2 aromatic rings. The van der Waals surface area contributed by atoms with E-state index in [9.17, 15) is 9.18 Å². The minimum atomic E-state index is -0.479. The Labute approximate surface area is 135 Å². The maximum Gasteiger partial charge on any atom is 0.242 e. The number of aliphatic hydroxyl groups excluding tert-OH is 1. The van der Waals surface area contributed by atoms with Gasteiger partial charge in [0.2, 0.25) is 5.91 Å². The van der Waals surface area contributed by atoms with Crippen LogP contribution < -0.4 is 5.32 Å². The van der Waals surface area contributed by atoms with Gasteiger partial charge in [-0.3, -0.25) is 9.69 Å². The molecule has 0 spiro atoms. The van der Waals surface area contributed by atoms with Crippen LogP contribution in [-0.2, 0) is 17.9 Å². The van der Waals surface area contributed by atoms with E-state index in [0.29, 0.717) is 6.54 Å². The summed E-state index contributed by atoms with van der Waals surface area (Å²) in [6, 6.07) is 12.9. The topological polar surface area (TPSA) is 52.6 Å². The molecule has 0 heterocycles. The summed E-state index contributed by atoms with van der Waals surface area (Å²) >= 11 is 0. The highest BCUT2D eigenvalue weighted by atomic mass is 19.1. The number of halogens is 1. The van der Waals surface area contributed by atoms with Crippen molar-refractivity contribution in [1.82, 2.24) is 10.2 Å². The van der Waals surface area contributed by atoms with Crippen LogP contribution in [0.4, 0.5) is 4.39 Å². The zero-order valence-corrected chi connectivity index (χ0v) is 13.3. The van der Waals surface area contributed by atoms with E-state index in [4.69, 9.17) is 5.11 Å². The molecule has 0 fully saturated rings. The van der Waals surface area contributed by atoms with Crippen LogP contribution in [0, 0.1) is 5.82 Å². The maximum atomic E-state index is 13.1. The van der Waals surface area contributed by atoms with E-state index < -0.39 is 6.04 Å². The number of aliphatic hydroxyl groups is 1. The molecule has 0 aromatic heterocycles. The molecule has 122 valence electrons. The number of carbonyl (C=O) groups is 1. The van der Waals surface area contributed by atoms with Crippen molar-refractivity contribution in [2.24, 2.45) is 0 Å². The standard InChI is InChI=1S/C18H21FN2O2/c1-21(2)17(15-7-9-16(19)10-8-15)18(23)20-11-13-3-5-14(12-22)6-4-13/h3-10,17,22H,11-12H2,1-2H3,(H,20,23). The minimum absolute atomic E-state index is 0.0000899. The molecule has 0 saturated carbocycles. The third-order valence-corrected chi connectivity index (χ3v) is 3.62. The number of carbonyl (C=O) groups excluding carboxylic acids is 1. The largest absolute Gasteiger partial charge is 0.392 e. The lowest BCUT2D eigenvalue weighted by molar-refractivity contribution is -0.125. The highest BCUT2D eigenvalue weighted by Crippen LogP contribution is 2.19. The van der Waals surface area contributed by atoms with Gasteiger partial charge in [0, 0.05) is 6.54 Å². The first-order valence-corrected chi connectivity index (χ1v) is 7.39. The molecule has 1 unspecified atom stereocenters. The summed E-state index contributed by atoms with van der Waals surface area (Å²) in [5.74, 6) is -0.469. The van der Waals surface area contributed by atoms with Gasteiger partial charge >= 0.3 is 0 Å². The van der Waals surface area contributed by atoms with Crippen molar-refractivity contribution in [3.63, 3.8) is 0 Å². The van der Waals surface area contributed by atoms with Gasteiger partial charge in [-0.25, -0.2) is 4.39 Å². The predicted octanol–water partition coefficient (Wildman–Crippen LogP) is 2.24. The number of nitrogens with one attached hydrogen (secondary N) is 1. The molecule has 5 heteroatoms. The number of likely N-dealkylation sites (N-methyl/N-ethyl adjacent to an activating group) is 1. The lowest BCUT2D eigenvalue weighted by Crippen LogP contribution is -2.36. The average Bonchev–Trinajstić information content (AvgIpc) is 2.55. The maximum absolute atomic E-state index is 13.1. The number of hydrogen-bond donors (Lipinski definition) is 2. The number of hydrogen-bond acceptors (Lipinski definition) is 3. The first-order valence-electron chi connectivity index (χ1n) is 7.39. The second-order valence-corrected chi connectivity index (χ2v) is 5.61. The molecule has 1 atom stereocenters. The number of amides is 1. The van der Waals surface area contributed by atoms with E-state index >= 15 is 0 Å². The Bertz CT molecular complexity index is 639. The summed E-state index contributed by atoms with van der Waals surface area (Å²) in [6.07, 6.45) is 0. The molecule has 23 heavy (non-hydrogen) atoms. The molecule has 0 saturated heterocycles. The van der Waals surface area contributed by atoms with Crippen molar-refractivity contribution in [3.05, 3.63) is 71.0 Å². The molecular weight excluding hydrogens is 295 g/mol. The molecule has 0 bridgehead atoms. The summed E-state index contributed by atoms with van der Waals surface area (Å²) in [5.41, 5.74) is 2.52. The van der Waals surface area contributed by atoms with Gasteiger partial charge in [-0.05, 0) is 42.9 Å². The Morgan fingerprint density at radius 1 is 1.09 bits per heavy atom. The van der Waals surface area contributed by atoms with Crippen molar-refractivity contribution in [1.29, 1.82) is 0 Å². The van der Waals surface area contributed by atoms with Crippen LogP contribution in [0.2, 0.25) is 0 Å². The van der Waals surface area contributed by atoms with Crippen molar-refractivity contribution in [3.8, 4) is 0 Å². The molecular formula is C18H21FN2O2. The quantitative estimate of drug-likeness (QED) is 0.859. The lowest BCUT2D eigenvalue weighted by atomic mass is 10.0. The van der Waals surface area contributed by atoms with Crippen LogP contribution >= 0.6 is 0 Å². The molecule has 0 aliphatic carbocycles. The van der Waals surface area contributed by atoms with Gasteiger partial charge in [0.05, 0.1) is 6.61 Å². The highest BCUT2D eigenvalue weighted by Gasteiger charge is 2.22. The number of rotatable bonds is 6. The van der Waals surface area contributed by atoms with Gasteiger partial charge in [-0.1, -0.05) is 36.4 Å². The molecule has 1 amide bonds. The second-order valence-electron chi connectivity index (χ2n) is 5.61. The van der Waals surface area contributed by atoms with E-state index in [2.05, 4.69) is 5.32 Å². The third kappa shape index (κ3) is 4.61. The smallest absolute Gasteiger partial charge is 0.242 e. The molecule has 4 nitrogen and oxygen atoms in total. The SMILES string of the molecule is CN(C)C(C(=O)NCc1ccc(CO)cc1)c1ccc(F)cc1. The van der Waals surface area contributed by atoms with Gasteiger partial charge in [-0.2, -0.15) is 0 Å². The Hall–Kier alpha value is -2.24. The van der Waals surface area contributed by atoms with E-state index in [1.165, 1.54) is 12.1 Å². The lowest BCUT2D eigenvalue weighted by Gasteiger charge is -2.24. The molecule has 0 aliphatic rings. The molecule has 0 radical (unpaired) electrons.